The zero-order valence-electron chi connectivity index (χ0n) is 13.3. The number of hydrogen-bond acceptors (Lipinski definition) is 5. The van der Waals surface area contributed by atoms with Crippen molar-refractivity contribution < 1.29 is 0 Å². The zero-order valence-corrected chi connectivity index (χ0v) is 13.3. The van der Waals surface area contributed by atoms with Crippen molar-refractivity contribution in [3.05, 3.63) is 11.8 Å². The molecule has 0 radical (unpaired) electrons. The molecule has 116 valence electrons. The highest BCUT2D eigenvalue weighted by molar-refractivity contribution is 5.45. The normalized spacial score (nSPS) is 21.0. The van der Waals surface area contributed by atoms with Crippen LogP contribution in [0.1, 0.15) is 44.2 Å². The molecule has 0 bridgehead atoms. The second kappa shape index (κ2) is 6.60. The van der Waals surface area contributed by atoms with Crippen LogP contribution in [-0.2, 0) is 0 Å². The van der Waals surface area contributed by atoms with Crippen molar-refractivity contribution in [1.29, 1.82) is 0 Å². The van der Waals surface area contributed by atoms with E-state index in [4.69, 9.17) is 9.97 Å². The van der Waals surface area contributed by atoms with Gasteiger partial charge in [0.25, 0.3) is 0 Å². The number of nitrogens with zero attached hydrogens (tertiary/aromatic N) is 4. The molecule has 21 heavy (non-hydrogen) atoms. The van der Waals surface area contributed by atoms with Gasteiger partial charge in [0.1, 0.15) is 5.82 Å². The lowest BCUT2D eigenvalue weighted by Crippen LogP contribution is -2.45. The van der Waals surface area contributed by atoms with Crippen molar-refractivity contribution in [3.63, 3.8) is 0 Å². The van der Waals surface area contributed by atoms with Gasteiger partial charge < -0.3 is 15.1 Å². The molecule has 1 saturated carbocycles. The van der Waals surface area contributed by atoms with E-state index in [1.54, 1.807) is 0 Å². The molecule has 2 aliphatic rings. The predicted molar refractivity (Wildman–Crippen MR) is 87.1 cm³/mol. The van der Waals surface area contributed by atoms with Crippen LogP contribution in [0.25, 0.3) is 0 Å². The van der Waals surface area contributed by atoms with E-state index in [0.717, 1.165) is 44.5 Å². The summed E-state index contributed by atoms with van der Waals surface area (Å²) < 4.78 is 0. The first-order valence-corrected chi connectivity index (χ1v) is 8.32. The van der Waals surface area contributed by atoms with Crippen LogP contribution in [0.15, 0.2) is 6.07 Å². The zero-order chi connectivity index (χ0) is 14.7. The van der Waals surface area contributed by atoms with Crippen molar-refractivity contribution in [2.75, 3.05) is 50.0 Å². The average Bonchev–Trinajstić information content (AvgIpc) is 3.02. The summed E-state index contributed by atoms with van der Waals surface area (Å²) in [7, 11) is 2.18. The Bertz CT molecular complexity index is 462. The quantitative estimate of drug-likeness (QED) is 0.921. The van der Waals surface area contributed by atoms with Crippen LogP contribution in [0.5, 0.6) is 0 Å². The third kappa shape index (κ3) is 3.46. The first-order chi connectivity index (χ1) is 10.3. The summed E-state index contributed by atoms with van der Waals surface area (Å²) in [6, 6.07) is 2.17. The topological polar surface area (TPSA) is 44.3 Å². The number of nitrogens with one attached hydrogen (secondary N) is 1. The molecule has 2 heterocycles. The van der Waals surface area contributed by atoms with E-state index in [1.807, 2.05) is 0 Å². The summed E-state index contributed by atoms with van der Waals surface area (Å²) in [6.07, 6.45) is 5.25. The molecule has 0 spiro atoms. The van der Waals surface area contributed by atoms with E-state index in [9.17, 15) is 0 Å². The van der Waals surface area contributed by atoms with Crippen LogP contribution in [0, 0.1) is 0 Å². The van der Waals surface area contributed by atoms with Crippen LogP contribution >= 0.6 is 0 Å². The molecular formula is C16H27N5. The van der Waals surface area contributed by atoms with Gasteiger partial charge in [-0.3, -0.25) is 0 Å². The molecule has 1 saturated heterocycles. The number of aromatic nitrogens is 2. The van der Waals surface area contributed by atoms with Gasteiger partial charge in [0.15, 0.2) is 0 Å². The molecule has 1 aromatic rings. The van der Waals surface area contributed by atoms with Gasteiger partial charge in [0.05, 0.1) is 5.69 Å². The third-order valence-corrected chi connectivity index (χ3v) is 4.65. The minimum absolute atomic E-state index is 0.636. The maximum absolute atomic E-state index is 4.90. The third-order valence-electron chi connectivity index (χ3n) is 4.65. The average molecular weight is 289 g/mol. The number of anilines is 2. The van der Waals surface area contributed by atoms with Crippen LogP contribution in [-0.4, -0.2) is 54.6 Å². The SMILES string of the molecule is CCNc1cc(C2CCCC2)nc(N2CCN(C)CC2)n1. The minimum atomic E-state index is 0.636. The van der Waals surface area contributed by atoms with Gasteiger partial charge >= 0.3 is 0 Å². The van der Waals surface area contributed by atoms with Crippen molar-refractivity contribution in [2.45, 2.75) is 38.5 Å². The smallest absolute Gasteiger partial charge is 0.227 e. The summed E-state index contributed by atoms with van der Waals surface area (Å²) >= 11 is 0. The molecule has 0 unspecified atom stereocenters. The van der Waals surface area contributed by atoms with Gasteiger partial charge in [-0.05, 0) is 26.8 Å². The Morgan fingerprint density at radius 3 is 2.52 bits per heavy atom. The number of piperazine rings is 1. The summed E-state index contributed by atoms with van der Waals surface area (Å²) in [5.74, 6) is 2.54. The van der Waals surface area contributed by atoms with E-state index in [2.05, 4.69) is 35.2 Å². The molecular weight excluding hydrogens is 262 g/mol. The van der Waals surface area contributed by atoms with Crippen LogP contribution in [0.4, 0.5) is 11.8 Å². The molecule has 0 aromatic carbocycles. The fourth-order valence-electron chi connectivity index (χ4n) is 3.30. The summed E-state index contributed by atoms with van der Waals surface area (Å²) in [4.78, 5) is 14.3. The molecule has 1 aliphatic heterocycles. The van der Waals surface area contributed by atoms with Crippen molar-refractivity contribution >= 4 is 11.8 Å². The molecule has 1 aliphatic carbocycles. The Hall–Kier alpha value is -1.36. The highest BCUT2D eigenvalue weighted by atomic mass is 15.3. The first kappa shape index (κ1) is 14.6. The van der Waals surface area contributed by atoms with Gasteiger partial charge in [0, 0.05) is 44.7 Å². The Morgan fingerprint density at radius 1 is 1.14 bits per heavy atom. The van der Waals surface area contributed by atoms with Gasteiger partial charge in [0.2, 0.25) is 5.95 Å². The van der Waals surface area contributed by atoms with E-state index in [0.29, 0.717) is 5.92 Å². The van der Waals surface area contributed by atoms with E-state index in [1.165, 1.54) is 31.4 Å². The number of rotatable bonds is 4. The molecule has 0 atom stereocenters. The largest absolute Gasteiger partial charge is 0.370 e. The Labute approximate surface area is 127 Å². The molecule has 1 aromatic heterocycles. The lowest BCUT2D eigenvalue weighted by molar-refractivity contribution is 0.311. The van der Waals surface area contributed by atoms with Gasteiger partial charge in [-0.25, -0.2) is 4.98 Å². The van der Waals surface area contributed by atoms with E-state index < -0.39 is 0 Å². The summed E-state index contributed by atoms with van der Waals surface area (Å²) in [5.41, 5.74) is 1.24. The van der Waals surface area contributed by atoms with Crippen LogP contribution in [0.2, 0.25) is 0 Å². The van der Waals surface area contributed by atoms with Gasteiger partial charge in [-0.15, -0.1) is 0 Å². The highest BCUT2D eigenvalue weighted by Gasteiger charge is 2.22. The first-order valence-electron chi connectivity index (χ1n) is 8.32. The second-order valence-corrected chi connectivity index (χ2v) is 6.28. The number of likely N-dealkylation sites (N-methyl/N-ethyl adjacent to an activating group) is 1. The fraction of sp³-hybridized carbons (Fsp3) is 0.750. The molecule has 5 nitrogen and oxygen atoms in total. The second-order valence-electron chi connectivity index (χ2n) is 6.28. The van der Waals surface area contributed by atoms with Gasteiger partial charge in [-0.1, -0.05) is 12.8 Å². The monoisotopic (exact) mass is 289 g/mol. The standard InChI is InChI=1S/C16H27N5/c1-3-17-15-12-14(13-6-4-5-7-13)18-16(19-15)21-10-8-20(2)9-11-21/h12-13H,3-11H2,1-2H3,(H,17,18,19). The predicted octanol–water partition coefficient (Wildman–Crippen LogP) is 2.32. The molecule has 2 fully saturated rings. The van der Waals surface area contributed by atoms with Crippen molar-refractivity contribution in [3.8, 4) is 0 Å². The highest BCUT2D eigenvalue weighted by Crippen LogP contribution is 2.34. The van der Waals surface area contributed by atoms with Crippen molar-refractivity contribution in [1.82, 2.24) is 14.9 Å². The molecule has 5 heteroatoms. The van der Waals surface area contributed by atoms with Crippen molar-refractivity contribution in [2.24, 2.45) is 0 Å². The maximum atomic E-state index is 4.90. The number of hydrogen-bond donors (Lipinski definition) is 1. The van der Waals surface area contributed by atoms with E-state index >= 15 is 0 Å². The Morgan fingerprint density at radius 2 is 1.86 bits per heavy atom. The van der Waals surface area contributed by atoms with Crippen LogP contribution in [0.3, 0.4) is 0 Å². The lowest BCUT2D eigenvalue weighted by Gasteiger charge is -2.32. The van der Waals surface area contributed by atoms with E-state index in [-0.39, 0.29) is 0 Å². The fourth-order valence-corrected chi connectivity index (χ4v) is 3.30. The summed E-state index contributed by atoms with van der Waals surface area (Å²) in [6.45, 7) is 7.25. The van der Waals surface area contributed by atoms with Gasteiger partial charge in [-0.2, -0.15) is 4.98 Å². The summed E-state index contributed by atoms with van der Waals surface area (Å²) in [5, 5.41) is 3.37. The molecule has 3 rings (SSSR count). The Balaban J connectivity index is 1.83. The maximum Gasteiger partial charge on any atom is 0.227 e. The molecule has 1 N–H and O–H groups in total. The Kier molecular flexibility index (Phi) is 4.58. The van der Waals surface area contributed by atoms with Crippen LogP contribution < -0.4 is 10.2 Å². The lowest BCUT2D eigenvalue weighted by atomic mass is 10.0. The molecule has 0 amide bonds. The minimum Gasteiger partial charge on any atom is -0.370 e.